The van der Waals surface area contributed by atoms with E-state index in [1.165, 1.54) is 16.8 Å². The van der Waals surface area contributed by atoms with Crippen LogP contribution < -0.4 is 4.72 Å². The number of hydrogen-bond acceptors (Lipinski definition) is 3. The zero-order chi connectivity index (χ0) is 19.7. The molecule has 0 amide bonds. The standard InChI is InChI=1S/C20H19F2N3O2S/c21-15-9-10-20(17(22)11-15)25-19-8-4-7-18(16(19)12-23-25)24-28(26,27)13-14-5-2-1-3-6-14/h1-3,5-6,9-12,18,24H,4,7-8,13H2/t18-/m1/s1. The Bertz CT molecular complexity index is 1100. The van der Waals surface area contributed by atoms with Gasteiger partial charge >= 0.3 is 0 Å². The molecule has 0 saturated carbocycles. The van der Waals surface area contributed by atoms with E-state index in [9.17, 15) is 17.2 Å². The molecule has 1 aliphatic rings. The smallest absolute Gasteiger partial charge is 0.216 e. The van der Waals surface area contributed by atoms with Gasteiger partial charge in [0.15, 0.2) is 5.82 Å². The van der Waals surface area contributed by atoms with Gasteiger partial charge in [0.25, 0.3) is 0 Å². The largest absolute Gasteiger partial charge is 0.234 e. The molecule has 0 fully saturated rings. The molecule has 3 aromatic rings. The number of sulfonamides is 1. The molecule has 0 aliphatic heterocycles. The molecule has 0 bridgehead atoms. The van der Waals surface area contributed by atoms with E-state index in [4.69, 9.17) is 0 Å². The summed E-state index contributed by atoms with van der Waals surface area (Å²) in [5.74, 6) is -1.48. The van der Waals surface area contributed by atoms with E-state index in [1.54, 1.807) is 30.5 Å². The Morgan fingerprint density at radius 1 is 1.14 bits per heavy atom. The van der Waals surface area contributed by atoms with Gasteiger partial charge in [-0.25, -0.2) is 26.6 Å². The molecule has 1 aliphatic carbocycles. The molecular formula is C20H19F2N3O2S. The lowest BCUT2D eigenvalue weighted by Crippen LogP contribution is -2.32. The summed E-state index contributed by atoms with van der Waals surface area (Å²) in [5.41, 5.74) is 2.32. The van der Waals surface area contributed by atoms with Crippen LogP contribution in [0, 0.1) is 11.6 Å². The van der Waals surface area contributed by atoms with Crippen LogP contribution in [0.2, 0.25) is 0 Å². The van der Waals surface area contributed by atoms with Gasteiger partial charge in [-0.1, -0.05) is 30.3 Å². The Labute approximate surface area is 162 Å². The van der Waals surface area contributed by atoms with Gasteiger partial charge < -0.3 is 0 Å². The number of fused-ring (bicyclic) bond motifs is 1. The first-order chi connectivity index (χ1) is 13.4. The van der Waals surface area contributed by atoms with Crippen LogP contribution in [-0.4, -0.2) is 18.2 Å². The molecule has 1 N–H and O–H groups in total. The van der Waals surface area contributed by atoms with Crippen LogP contribution >= 0.6 is 0 Å². The number of aromatic nitrogens is 2. The molecule has 4 rings (SSSR count). The van der Waals surface area contributed by atoms with Crippen LogP contribution in [0.4, 0.5) is 8.78 Å². The van der Waals surface area contributed by atoms with Crippen molar-refractivity contribution >= 4 is 10.0 Å². The van der Waals surface area contributed by atoms with Crippen LogP contribution in [0.5, 0.6) is 0 Å². The van der Waals surface area contributed by atoms with Crippen LogP contribution in [0.3, 0.4) is 0 Å². The van der Waals surface area contributed by atoms with Gasteiger partial charge in [-0.15, -0.1) is 0 Å². The number of rotatable bonds is 5. The molecule has 1 heterocycles. The van der Waals surface area contributed by atoms with E-state index in [1.807, 2.05) is 6.07 Å². The molecule has 146 valence electrons. The van der Waals surface area contributed by atoms with Crippen molar-refractivity contribution in [3.05, 3.63) is 83.2 Å². The molecule has 1 aromatic heterocycles. The van der Waals surface area contributed by atoms with E-state index < -0.39 is 27.7 Å². The van der Waals surface area contributed by atoms with Crippen molar-refractivity contribution in [2.24, 2.45) is 0 Å². The van der Waals surface area contributed by atoms with E-state index >= 15 is 0 Å². The van der Waals surface area contributed by atoms with E-state index in [2.05, 4.69) is 9.82 Å². The van der Waals surface area contributed by atoms with Gasteiger partial charge in [0.2, 0.25) is 10.0 Å². The van der Waals surface area contributed by atoms with Gasteiger partial charge in [-0.05, 0) is 37.0 Å². The number of benzene rings is 2. The van der Waals surface area contributed by atoms with Crippen LogP contribution in [0.1, 0.15) is 35.7 Å². The quantitative estimate of drug-likeness (QED) is 0.707. The van der Waals surface area contributed by atoms with Crippen molar-refractivity contribution in [1.82, 2.24) is 14.5 Å². The molecule has 0 saturated heterocycles. The normalized spacial score (nSPS) is 16.7. The summed E-state index contributed by atoms with van der Waals surface area (Å²) in [4.78, 5) is 0. The summed E-state index contributed by atoms with van der Waals surface area (Å²) in [6, 6.07) is 11.9. The summed E-state index contributed by atoms with van der Waals surface area (Å²) >= 11 is 0. The van der Waals surface area contributed by atoms with Gasteiger partial charge in [0.1, 0.15) is 11.5 Å². The average Bonchev–Trinajstić information content (AvgIpc) is 3.07. The molecule has 1 atom stereocenters. The zero-order valence-corrected chi connectivity index (χ0v) is 15.8. The average molecular weight is 403 g/mol. The Kier molecular flexibility index (Phi) is 4.99. The fourth-order valence-corrected chi connectivity index (χ4v) is 4.98. The van der Waals surface area contributed by atoms with Gasteiger partial charge in [0, 0.05) is 17.3 Å². The Morgan fingerprint density at radius 3 is 2.68 bits per heavy atom. The first kappa shape index (κ1) is 18.8. The van der Waals surface area contributed by atoms with E-state index in [0.29, 0.717) is 18.4 Å². The first-order valence-corrected chi connectivity index (χ1v) is 10.6. The van der Waals surface area contributed by atoms with Crippen molar-refractivity contribution < 1.29 is 17.2 Å². The third-order valence-electron chi connectivity index (χ3n) is 4.84. The summed E-state index contributed by atoms with van der Waals surface area (Å²) < 4.78 is 56.8. The minimum atomic E-state index is -3.56. The molecule has 0 unspecified atom stereocenters. The molecule has 2 aromatic carbocycles. The SMILES string of the molecule is O=S(=O)(Cc1ccccc1)N[C@@H]1CCCc2c1cnn2-c1ccc(F)cc1F. The lowest BCUT2D eigenvalue weighted by Gasteiger charge is -2.24. The van der Waals surface area contributed by atoms with Crippen LogP contribution in [0.25, 0.3) is 5.69 Å². The lowest BCUT2D eigenvalue weighted by molar-refractivity contribution is 0.499. The molecule has 5 nitrogen and oxygen atoms in total. The Balaban J connectivity index is 1.61. The van der Waals surface area contributed by atoms with Gasteiger partial charge in [-0.2, -0.15) is 5.10 Å². The number of hydrogen-bond donors (Lipinski definition) is 1. The van der Waals surface area contributed by atoms with Crippen molar-refractivity contribution in [3.8, 4) is 5.69 Å². The molecular weight excluding hydrogens is 384 g/mol. The molecule has 0 radical (unpaired) electrons. The topological polar surface area (TPSA) is 64.0 Å². The zero-order valence-electron chi connectivity index (χ0n) is 15.0. The number of nitrogens with one attached hydrogen (secondary N) is 1. The van der Waals surface area contributed by atoms with Crippen molar-refractivity contribution in [3.63, 3.8) is 0 Å². The monoisotopic (exact) mass is 403 g/mol. The molecule has 8 heteroatoms. The van der Waals surface area contributed by atoms with Crippen LogP contribution in [0.15, 0.2) is 54.7 Å². The maximum Gasteiger partial charge on any atom is 0.216 e. The summed E-state index contributed by atoms with van der Waals surface area (Å²) in [7, 11) is -3.56. The van der Waals surface area contributed by atoms with Gasteiger partial charge in [0.05, 0.1) is 18.0 Å². The van der Waals surface area contributed by atoms with Crippen molar-refractivity contribution in [2.45, 2.75) is 31.1 Å². The fraction of sp³-hybridized carbons (Fsp3) is 0.250. The predicted octanol–water partition coefficient (Wildman–Crippen LogP) is 3.65. The highest BCUT2D eigenvalue weighted by molar-refractivity contribution is 7.88. The predicted molar refractivity (Wildman–Crippen MR) is 101 cm³/mol. The highest BCUT2D eigenvalue weighted by Gasteiger charge is 2.28. The second-order valence-corrected chi connectivity index (χ2v) is 8.62. The fourth-order valence-electron chi connectivity index (χ4n) is 3.59. The van der Waals surface area contributed by atoms with Gasteiger partial charge in [-0.3, -0.25) is 0 Å². The molecule has 28 heavy (non-hydrogen) atoms. The Hall–Kier alpha value is -2.58. The second kappa shape index (κ2) is 7.44. The third kappa shape index (κ3) is 3.83. The first-order valence-electron chi connectivity index (χ1n) is 8.99. The van der Waals surface area contributed by atoms with E-state index in [0.717, 1.165) is 23.7 Å². The van der Waals surface area contributed by atoms with E-state index in [-0.39, 0.29) is 11.4 Å². The number of halogens is 2. The highest BCUT2D eigenvalue weighted by atomic mass is 32.2. The summed E-state index contributed by atoms with van der Waals surface area (Å²) in [6.07, 6.45) is 3.58. The van der Waals surface area contributed by atoms with Crippen LogP contribution in [-0.2, 0) is 22.2 Å². The number of nitrogens with zero attached hydrogens (tertiary/aromatic N) is 2. The maximum atomic E-state index is 14.2. The highest BCUT2D eigenvalue weighted by Crippen LogP contribution is 2.32. The van der Waals surface area contributed by atoms with Crippen molar-refractivity contribution in [1.29, 1.82) is 0 Å². The van der Waals surface area contributed by atoms with Crippen molar-refractivity contribution in [2.75, 3.05) is 0 Å². The third-order valence-corrected chi connectivity index (χ3v) is 6.20. The lowest BCUT2D eigenvalue weighted by atomic mass is 9.94. The Morgan fingerprint density at radius 2 is 1.93 bits per heavy atom. The minimum absolute atomic E-state index is 0.111. The second-order valence-electron chi connectivity index (χ2n) is 6.86. The molecule has 0 spiro atoms. The minimum Gasteiger partial charge on any atom is -0.234 e. The summed E-state index contributed by atoms with van der Waals surface area (Å²) in [6.45, 7) is 0. The maximum absolute atomic E-state index is 14.2. The summed E-state index contributed by atoms with van der Waals surface area (Å²) in [5, 5.41) is 4.24.